The van der Waals surface area contributed by atoms with Gasteiger partial charge in [0.25, 0.3) is 0 Å². The normalized spacial score (nSPS) is 16.9. The molecule has 2 heteroatoms. The number of rotatable bonds is 3. The summed E-state index contributed by atoms with van der Waals surface area (Å²) < 4.78 is 0. The van der Waals surface area contributed by atoms with Crippen molar-refractivity contribution in [2.75, 3.05) is 13.1 Å². The Balaban J connectivity index is 0.000000921. The number of hydrogen-bond donors (Lipinski definition) is 0. The Morgan fingerprint density at radius 1 is 1.20 bits per heavy atom. The molecule has 1 amide bonds. The lowest BCUT2D eigenvalue weighted by Gasteiger charge is -2.31. The van der Waals surface area contributed by atoms with Crippen molar-refractivity contribution in [3.8, 4) is 0 Å². The third kappa shape index (κ3) is 5.19. The molecular weight excluding hydrogens is 186 g/mol. The third-order valence-electron chi connectivity index (χ3n) is 2.97. The maximum Gasteiger partial charge on any atom is 0.222 e. The van der Waals surface area contributed by atoms with Gasteiger partial charge in [0, 0.05) is 19.5 Å². The fourth-order valence-electron chi connectivity index (χ4n) is 2.10. The van der Waals surface area contributed by atoms with Gasteiger partial charge in [-0.2, -0.15) is 0 Å². The van der Waals surface area contributed by atoms with Gasteiger partial charge in [-0.3, -0.25) is 4.79 Å². The van der Waals surface area contributed by atoms with Crippen molar-refractivity contribution in [1.82, 2.24) is 4.90 Å². The van der Waals surface area contributed by atoms with Crippen LogP contribution in [-0.2, 0) is 4.79 Å². The Morgan fingerprint density at radius 2 is 1.73 bits per heavy atom. The molecule has 0 aromatic carbocycles. The van der Waals surface area contributed by atoms with Crippen LogP contribution in [0.5, 0.6) is 0 Å². The number of hydrogen-bond acceptors (Lipinski definition) is 1. The van der Waals surface area contributed by atoms with Gasteiger partial charge in [0.2, 0.25) is 5.91 Å². The predicted molar refractivity (Wildman–Crippen MR) is 65.9 cm³/mol. The van der Waals surface area contributed by atoms with Gasteiger partial charge in [-0.05, 0) is 18.8 Å². The number of likely N-dealkylation sites (tertiary alicyclic amines) is 1. The van der Waals surface area contributed by atoms with E-state index in [0.717, 1.165) is 19.0 Å². The maximum atomic E-state index is 11.4. The van der Waals surface area contributed by atoms with Gasteiger partial charge in [0.1, 0.15) is 0 Å². The summed E-state index contributed by atoms with van der Waals surface area (Å²) >= 11 is 0. The van der Waals surface area contributed by atoms with Gasteiger partial charge in [-0.1, -0.05) is 40.5 Å². The van der Waals surface area contributed by atoms with E-state index in [4.69, 9.17) is 0 Å². The minimum Gasteiger partial charge on any atom is -0.343 e. The van der Waals surface area contributed by atoms with E-state index in [-0.39, 0.29) is 0 Å². The van der Waals surface area contributed by atoms with Crippen LogP contribution in [-0.4, -0.2) is 23.9 Å². The zero-order valence-corrected chi connectivity index (χ0v) is 10.9. The molecular formula is C13H27NO. The number of carbonyl (C=O) groups is 1. The van der Waals surface area contributed by atoms with E-state index in [1.54, 1.807) is 0 Å². The first kappa shape index (κ1) is 14.5. The van der Waals surface area contributed by atoms with Crippen LogP contribution in [0.3, 0.4) is 0 Å². The van der Waals surface area contributed by atoms with E-state index in [2.05, 4.69) is 6.92 Å². The van der Waals surface area contributed by atoms with Crippen molar-refractivity contribution in [3.05, 3.63) is 0 Å². The molecule has 2 nitrogen and oxygen atoms in total. The fourth-order valence-corrected chi connectivity index (χ4v) is 2.10. The standard InChI is InChI=1S/C11H21NO.C2H6/c1-3-5-10-6-8-12(9-7-10)11(13)4-2;1-2/h10H,3-9H2,1-2H3;1-2H3. The molecule has 0 aliphatic carbocycles. The lowest BCUT2D eigenvalue weighted by molar-refractivity contribution is -0.132. The number of amides is 1. The minimum absolute atomic E-state index is 0.329. The number of piperidine rings is 1. The molecule has 0 saturated carbocycles. The van der Waals surface area contributed by atoms with Crippen LogP contribution < -0.4 is 0 Å². The van der Waals surface area contributed by atoms with Crippen molar-refractivity contribution in [1.29, 1.82) is 0 Å². The van der Waals surface area contributed by atoms with Crippen LogP contribution in [0.25, 0.3) is 0 Å². The average Bonchev–Trinajstić information content (AvgIpc) is 2.32. The SMILES string of the molecule is CC.CCCC1CCN(C(=O)CC)CC1. The molecule has 0 aromatic rings. The zero-order chi connectivity index (χ0) is 11.7. The molecule has 1 aliphatic rings. The van der Waals surface area contributed by atoms with Crippen molar-refractivity contribution >= 4 is 5.91 Å². The van der Waals surface area contributed by atoms with Gasteiger partial charge in [0.15, 0.2) is 0 Å². The van der Waals surface area contributed by atoms with Crippen LogP contribution in [0.1, 0.15) is 59.8 Å². The molecule has 0 aromatic heterocycles. The maximum absolute atomic E-state index is 11.4. The average molecular weight is 213 g/mol. The second kappa shape index (κ2) is 8.75. The van der Waals surface area contributed by atoms with Gasteiger partial charge in [0.05, 0.1) is 0 Å². The molecule has 0 atom stereocenters. The molecule has 0 unspecified atom stereocenters. The number of nitrogens with zero attached hydrogens (tertiary/aromatic N) is 1. The first-order valence-corrected chi connectivity index (χ1v) is 6.55. The summed E-state index contributed by atoms with van der Waals surface area (Å²) in [5, 5.41) is 0. The highest BCUT2D eigenvalue weighted by atomic mass is 16.2. The summed E-state index contributed by atoms with van der Waals surface area (Å²) in [6.07, 6.45) is 5.73. The van der Waals surface area contributed by atoms with Gasteiger partial charge >= 0.3 is 0 Å². The molecule has 1 rings (SSSR count). The first-order chi connectivity index (χ1) is 7.27. The first-order valence-electron chi connectivity index (χ1n) is 6.55. The smallest absolute Gasteiger partial charge is 0.222 e. The van der Waals surface area contributed by atoms with Crippen molar-refractivity contribution in [3.63, 3.8) is 0 Å². The second-order valence-electron chi connectivity index (χ2n) is 3.97. The van der Waals surface area contributed by atoms with E-state index in [1.807, 2.05) is 25.7 Å². The molecule has 0 spiro atoms. The summed E-state index contributed by atoms with van der Waals surface area (Å²) in [5.74, 6) is 1.21. The largest absolute Gasteiger partial charge is 0.343 e. The van der Waals surface area contributed by atoms with E-state index >= 15 is 0 Å². The van der Waals surface area contributed by atoms with Crippen molar-refractivity contribution in [2.45, 2.75) is 59.8 Å². The molecule has 0 N–H and O–H groups in total. The molecule has 1 heterocycles. The van der Waals surface area contributed by atoms with Gasteiger partial charge in [-0.15, -0.1) is 0 Å². The van der Waals surface area contributed by atoms with Crippen LogP contribution in [0.15, 0.2) is 0 Å². The van der Waals surface area contributed by atoms with Gasteiger partial charge < -0.3 is 4.90 Å². The second-order valence-corrected chi connectivity index (χ2v) is 3.97. The number of carbonyl (C=O) groups excluding carboxylic acids is 1. The Morgan fingerprint density at radius 3 is 2.13 bits per heavy atom. The Kier molecular flexibility index (Phi) is 8.44. The van der Waals surface area contributed by atoms with Crippen LogP contribution in [0, 0.1) is 5.92 Å². The topological polar surface area (TPSA) is 20.3 Å². The molecule has 1 fully saturated rings. The van der Waals surface area contributed by atoms with Crippen LogP contribution >= 0.6 is 0 Å². The molecule has 90 valence electrons. The van der Waals surface area contributed by atoms with Gasteiger partial charge in [-0.25, -0.2) is 0 Å². The highest BCUT2D eigenvalue weighted by Crippen LogP contribution is 2.21. The summed E-state index contributed by atoms with van der Waals surface area (Å²) in [6.45, 7) is 10.2. The Hall–Kier alpha value is -0.530. The molecule has 1 saturated heterocycles. The molecule has 0 radical (unpaired) electrons. The summed E-state index contributed by atoms with van der Waals surface area (Å²) in [6, 6.07) is 0. The quantitative estimate of drug-likeness (QED) is 0.703. The molecule has 15 heavy (non-hydrogen) atoms. The summed E-state index contributed by atoms with van der Waals surface area (Å²) in [5.41, 5.74) is 0. The highest BCUT2D eigenvalue weighted by Gasteiger charge is 2.20. The predicted octanol–water partition coefficient (Wildman–Crippen LogP) is 3.46. The Bertz CT molecular complexity index is 160. The zero-order valence-electron chi connectivity index (χ0n) is 10.9. The minimum atomic E-state index is 0.329. The van der Waals surface area contributed by atoms with Crippen molar-refractivity contribution < 1.29 is 4.79 Å². The van der Waals surface area contributed by atoms with E-state index in [1.165, 1.54) is 25.7 Å². The monoisotopic (exact) mass is 213 g/mol. The highest BCUT2D eigenvalue weighted by molar-refractivity contribution is 5.75. The molecule has 0 bridgehead atoms. The lowest BCUT2D eigenvalue weighted by Crippen LogP contribution is -2.37. The fraction of sp³-hybridized carbons (Fsp3) is 0.923. The van der Waals surface area contributed by atoms with Crippen LogP contribution in [0.2, 0.25) is 0 Å². The van der Waals surface area contributed by atoms with E-state index in [9.17, 15) is 4.79 Å². The molecule has 1 aliphatic heterocycles. The van der Waals surface area contributed by atoms with Crippen LogP contribution in [0.4, 0.5) is 0 Å². The van der Waals surface area contributed by atoms with Crippen molar-refractivity contribution in [2.24, 2.45) is 5.92 Å². The third-order valence-corrected chi connectivity index (χ3v) is 2.97. The summed E-state index contributed by atoms with van der Waals surface area (Å²) in [4.78, 5) is 13.4. The Labute approximate surface area is 95.0 Å². The van der Waals surface area contributed by atoms with E-state index in [0.29, 0.717) is 12.3 Å². The lowest BCUT2D eigenvalue weighted by atomic mass is 9.92. The summed E-state index contributed by atoms with van der Waals surface area (Å²) in [7, 11) is 0. The van der Waals surface area contributed by atoms with E-state index < -0.39 is 0 Å².